The van der Waals surface area contributed by atoms with Gasteiger partial charge in [0.25, 0.3) is 0 Å². The summed E-state index contributed by atoms with van der Waals surface area (Å²) in [6.45, 7) is -0.0174. The summed E-state index contributed by atoms with van der Waals surface area (Å²) < 4.78 is 25.7. The van der Waals surface area contributed by atoms with Crippen molar-refractivity contribution in [1.82, 2.24) is 4.90 Å². The summed E-state index contributed by atoms with van der Waals surface area (Å²) in [6.07, 6.45) is 0. The average Bonchev–Trinajstić information content (AvgIpc) is 2.09. The Morgan fingerprint density at radius 2 is 2.00 bits per heavy atom. The van der Waals surface area contributed by atoms with E-state index in [0.717, 1.165) is 6.07 Å². The maximum Gasteiger partial charge on any atom is 0.180 e. The Kier molecular flexibility index (Phi) is 3.36. The highest BCUT2D eigenvalue weighted by Crippen LogP contribution is 2.23. The molecule has 1 aromatic carbocycles. The standard InChI is InChI=1S/C10H11F2NO2/c1-13(2)5-9(14)7-3-6(11)4-8(12)10(7)15/h3-4,15H,5H2,1-2H3. The molecule has 0 saturated carbocycles. The first kappa shape index (κ1) is 11.6. The fourth-order valence-electron chi connectivity index (χ4n) is 1.15. The Balaban J connectivity index is 3.08. The molecule has 0 unspecified atom stereocenters. The Morgan fingerprint density at radius 1 is 1.40 bits per heavy atom. The maximum atomic E-state index is 12.9. The predicted octanol–water partition coefficient (Wildman–Crippen LogP) is 1.41. The van der Waals surface area contributed by atoms with E-state index in [1.165, 1.54) is 0 Å². The highest BCUT2D eigenvalue weighted by molar-refractivity contribution is 6.00. The van der Waals surface area contributed by atoms with Crippen LogP contribution in [-0.2, 0) is 0 Å². The normalized spacial score (nSPS) is 10.7. The maximum absolute atomic E-state index is 12.9. The van der Waals surface area contributed by atoms with Crippen molar-refractivity contribution in [3.8, 4) is 5.75 Å². The summed E-state index contributed by atoms with van der Waals surface area (Å²) in [6, 6.07) is 1.35. The van der Waals surface area contributed by atoms with Crippen LogP contribution in [0.1, 0.15) is 10.4 Å². The molecule has 0 fully saturated rings. The van der Waals surface area contributed by atoms with E-state index in [1.807, 2.05) is 0 Å². The molecule has 0 saturated heterocycles. The lowest BCUT2D eigenvalue weighted by Crippen LogP contribution is -2.22. The summed E-state index contributed by atoms with van der Waals surface area (Å²) in [5.74, 6) is -3.34. The molecule has 0 amide bonds. The van der Waals surface area contributed by atoms with Gasteiger partial charge in [0.2, 0.25) is 0 Å². The van der Waals surface area contributed by atoms with Gasteiger partial charge in [-0.2, -0.15) is 0 Å². The monoisotopic (exact) mass is 215 g/mol. The van der Waals surface area contributed by atoms with Crippen molar-refractivity contribution in [1.29, 1.82) is 0 Å². The van der Waals surface area contributed by atoms with Crippen molar-refractivity contribution in [2.24, 2.45) is 0 Å². The van der Waals surface area contributed by atoms with Gasteiger partial charge in [-0.05, 0) is 20.2 Å². The van der Waals surface area contributed by atoms with E-state index in [2.05, 4.69) is 0 Å². The molecule has 0 aromatic heterocycles. The zero-order valence-electron chi connectivity index (χ0n) is 8.42. The first-order chi connectivity index (χ1) is 6.91. The molecule has 0 aliphatic heterocycles. The highest BCUT2D eigenvalue weighted by atomic mass is 19.1. The van der Waals surface area contributed by atoms with Crippen LogP contribution in [0.3, 0.4) is 0 Å². The third-order valence-electron chi connectivity index (χ3n) is 1.79. The second kappa shape index (κ2) is 4.35. The minimum absolute atomic E-state index is 0.0174. The molecule has 0 heterocycles. The SMILES string of the molecule is CN(C)CC(=O)c1cc(F)cc(F)c1O. The summed E-state index contributed by atoms with van der Waals surface area (Å²) in [4.78, 5) is 13.0. The van der Waals surface area contributed by atoms with Crippen molar-refractivity contribution in [3.05, 3.63) is 29.3 Å². The molecule has 0 bridgehead atoms. The smallest absolute Gasteiger partial charge is 0.180 e. The van der Waals surface area contributed by atoms with E-state index in [4.69, 9.17) is 0 Å². The third-order valence-corrected chi connectivity index (χ3v) is 1.79. The molecule has 0 atom stereocenters. The molecular formula is C10H11F2NO2. The van der Waals surface area contributed by atoms with E-state index in [1.54, 1.807) is 19.0 Å². The number of phenols is 1. The summed E-state index contributed by atoms with van der Waals surface area (Å²) in [7, 11) is 3.29. The van der Waals surface area contributed by atoms with Gasteiger partial charge < -0.3 is 10.0 Å². The number of carbonyl (C=O) groups is 1. The van der Waals surface area contributed by atoms with Crippen LogP contribution in [0, 0.1) is 11.6 Å². The zero-order valence-corrected chi connectivity index (χ0v) is 8.42. The van der Waals surface area contributed by atoms with Gasteiger partial charge in [-0.15, -0.1) is 0 Å². The lowest BCUT2D eigenvalue weighted by Gasteiger charge is -2.09. The summed E-state index contributed by atoms with van der Waals surface area (Å²) >= 11 is 0. The van der Waals surface area contributed by atoms with Crippen molar-refractivity contribution in [2.45, 2.75) is 0 Å². The third kappa shape index (κ3) is 2.73. The fraction of sp³-hybridized carbons (Fsp3) is 0.300. The Morgan fingerprint density at radius 3 is 2.53 bits per heavy atom. The largest absolute Gasteiger partial charge is 0.504 e. The van der Waals surface area contributed by atoms with Crippen LogP contribution < -0.4 is 0 Å². The van der Waals surface area contributed by atoms with E-state index < -0.39 is 23.2 Å². The molecule has 0 spiro atoms. The van der Waals surface area contributed by atoms with Gasteiger partial charge >= 0.3 is 0 Å². The van der Waals surface area contributed by atoms with E-state index >= 15 is 0 Å². The molecule has 82 valence electrons. The number of Topliss-reactive ketones (excluding diaryl/α,β-unsaturated/α-hetero) is 1. The van der Waals surface area contributed by atoms with Crippen LogP contribution in [-0.4, -0.2) is 36.4 Å². The topological polar surface area (TPSA) is 40.5 Å². The van der Waals surface area contributed by atoms with Crippen molar-refractivity contribution >= 4 is 5.78 Å². The molecule has 3 nitrogen and oxygen atoms in total. The van der Waals surface area contributed by atoms with Gasteiger partial charge in [-0.1, -0.05) is 0 Å². The number of halogens is 2. The molecule has 1 N–H and O–H groups in total. The fourth-order valence-corrected chi connectivity index (χ4v) is 1.15. The van der Waals surface area contributed by atoms with E-state index in [9.17, 15) is 18.7 Å². The minimum Gasteiger partial charge on any atom is -0.504 e. The molecule has 1 aromatic rings. The van der Waals surface area contributed by atoms with E-state index in [0.29, 0.717) is 6.07 Å². The van der Waals surface area contributed by atoms with Gasteiger partial charge in [-0.25, -0.2) is 8.78 Å². The molecule has 5 heteroatoms. The minimum atomic E-state index is -1.13. The number of phenolic OH excluding ortho intramolecular Hbond substituents is 1. The van der Waals surface area contributed by atoms with Gasteiger partial charge in [0.15, 0.2) is 17.3 Å². The van der Waals surface area contributed by atoms with Crippen LogP contribution in [0.15, 0.2) is 12.1 Å². The van der Waals surface area contributed by atoms with Gasteiger partial charge in [0.05, 0.1) is 12.1 Å². The molecule has 15 heavy (non-hydrogen) atoms. The van der Waals surface area contributed by atoms with E-state index in [-0.39, 0.29) is 12.1 Å². The van der Waals surface area contributed by atoms with Crippen LogP contribution in [0.2, 0.25) is 0 Å². The zero-order chi connectivity index (χ0) is 11.6. The molecule has 0 aliphatic carbocycles. The number of ketones is 1. The van der Waals surface area contributed by atoms with Crippen LogP contribution in [0.25, 0.3) is 0 Å². The number of hydrogen-bond acceptors (Lipinski definition) is 3. The average molecular weight is 215 g/mol. The Labute approximate surface area is 85.9 Å². The second-order valence-corrected chi connectivity index (χ2v) is 3.44. The van der Waals surface area contributed by atoms with Gasteiger partial charge in [-0.3, -0.25) is 4.79 Å². The molecule has 0 radical (unpaired) electrons. The Hall–Kier alpha value is -1.49. The number of rotatable bonds is 3. The summed E-state index contributed by atoms with van der Waals surface area (Å²) in [5, 5.41) is 9.22. The van der Waals surface area contributed by atoms with Crippen molar-refractivity contribution < 1.29 is 18.7 Å². The number of nitrogens with zero attached hydrogens (tertiary/aromatic N) is 1. The van der Waals surface area contributed by atoms with Crippen LogP contribution in [0.5, 0.6) is 5.75 Å². The number of likely N-dealkylation sites (N-methyl/N-ethyl adjacent to an activating group) is 1. The predicted molar refractivity (Wildman–Crippen MR) is 50.9 cm³/mol. The first-order valence-electron chi connectivity index (χ1n) is 4.27. The molecule has 0 aliphatic rings. The number of aromatic hydroxyl groups is 1. The lowest BCUT2D eigenvalue weighted by molar-refractivity contribution is 0.0954. The number of benzene rings is 1. The Bertz CT molecular complexity index is 391. The van der Waals surface area contributed by atoms with Gasteiger partial charge in [0, 0.05) is 6.07 Å². The highest BCUT2D eigenvalue weighted by Gasteiger charge is 2.16. The molecule has 1 rings (SSSR count). The molecular weight excluding hydrogens is 204 g/mol. The van der Waals surface area contributed by atoms with Gasteiger partial charge in [0.1, 0.15) is 5.82 Å². The second-order valence-electron chi connectivity index (χ2n) is 3.44. The quantitative estimate of drug-likeness (QED) is 0.775. The number of carbonyl (C=O) groups excluding carboxylic acids is 1. The first-order valence-corrected chi connectivity index (χ1v) is 4.27. The van der Waals surface area contributed by atoms with Crippen molar-refractivity contribution in [3.63, 3.8) is 0 Å². The van der Waals surface area contributed by atoms with Crippen LogP contribution in [0.4, 0.5) is 8.78 Å². The van der Waals surface area contributed by atoms with Crippen molar-refractivity contribution in [2.75, 3.05) is 20.6 Å². The van der Waals surface area contributed by atoms with Crippen LogP contribution >= 0.6 is 0 Å². The lowest BCUT2D eigenvalue weighted by atomic mass is 10.1. The summed E-state index contributed by atoms with van der Waals surface area (Å²) in [5.41, 5.74) is -0.332. The number of hydrogen-bond donors (Lipinski definition) is 1.